The highest BCUT2D eigenvalue weighted by molar-refractivity contribution is 7.16. The Hall–Kier alpha value is -1.68. The minimum absolute atomic E-state index is 0.175. The van der Waals surface area contributed by atoms with Crippen molar-refractivity contribution in [2.24, 2.45) is 4.99 Å². The number of amides is 1. The van der Waals surface area contributed by atoms with Crippen molar-refractivity contribution in [3.05, 3.63) is 41.2 Å². The fraction of sp³-hybridized carbons (Fsp3) is 0.231. The van der Waals surface area contributed by atoms with Gasteiger partial charge in [-0.3, -0.25) is 4.79 Å². The number of fused-ring (bicyclic) bond motifs is 1. The van der Waals surface area contributed by atoms with Crippen LogP contribution in [0.2, 0.25) is 0 Å². The number of aromatic nitrogens is 1. The Morgan fingerprint density at radius 3 is 3.00 bits per heavy atom. The fourth-order valence-corrected chi connectivity index (χ4v) is 2.89. The van der Waals surface area contributed by atoms with Gasteiger partial charge in [0, 0.05) is 13.5 Å². The van der Waals surface area contributed by atoms with E-state index in [2.05, 4.69) is 36.7 Å². The van der Waals surface area contributed by atoms with Gasteiger partial charge in [0.25, 0.3) is 0 Å². The number of nitrogens with zero attached hydrogens (tertiary/aromatic N) is 2. The molecule has 0 fully saturated rings. The van der Waals surface area contributed by atoms with Crippen LogP contribution in [0.4, 0.5) is 0 Å². The second-order valence-electron chi connectivity index (χ2n) is 3.89. The molecule has 4 heteroatoms. The predicted molar refractivity (Wildman–Crippen MR) is 71.0 cm³/mol. The first-order chi connectivity index (χ1) is 8.11. The molecular weight excluding hydrogens is 232 g/mol. The first-order valence-electron chi connectivity index (χ1n) is 5.38. The molecule has 0 aliphatic heterocycles. The maximum atomic E-state index is 11.1. The first-order valence-corrected chi connectivity index (χ1v) is 6.19. The van der Waals surface area contributed by atoms with E-state index in [9.17, 15) is 4.79 Å². The third kappa shape index (κ3) is 2.36. The van der Waals surface area contributed by atoms with Crippen molar-refractivity contribution in [1.29, 1.82) is 0 Å². The summed E-state index contributed by atoms with van der Waals surface area (Å²) in [4.78, 5) is 15.9. The molecule has 0 saturated carbocycles. The molecule has 0 N–H and O–H groups in total. The Kier molecular flexibility index (Phi) is 3.24. The average Bonchev–Trinajstić information content (AvgIpc) is 2.55. The number of thiazole rings is 1. The van der Waals surface area contributed by atoms with Crippen LogP contribution in [-0.4, -0.2) is 10.5 Å². The standard InChI is InChI=1S/C13H14N2OS/c1-4-7-15-11-6-5-9(2)8-12(11)17-13(15)14-10(3)16/h4-6,8H,1,7H2,2-3H3. The summed E-state index contributed by atoms with van der Waals surface area (Å²) in [5.74, 6) is -0.175. The van der Waals surface area contributed by atoms with Gasteiger partial charge in [-0.1, -0.05) is 23.5 Å². The lowest BCUT2D eigenvalue weighted by Gasteiger charge is -2.00. The summed E-state index contributed by atoms with van der Waals surface area (Å²) >= 11 is 1.53. The Morgan fingerprint density at radius 1 is 1.59 bits per heavy atom. The molecular formula is C13H14N2OS. The lowest BCUT2D eigenvalue weighted by atomic mass is 10.2. The van der Waals surface area contributed by atoms with Crippen LogP contribution in [0, 0.1) is 6.92 Å². The van der Waals surface area contributed by atoms with Crippen molar-refractivity contribution in [3.8, 4) is 0 Å². The van der Waals surface area contributed by atoms with Crippen molar-refractivity contribution in [1.82, 2.24) is 4.57 Å². The van der Waals surface area contributed by atoms with Gasteiger partial charge >= 0.3 is 0 Å². The monoisotopic (exact) mass is 246 g/mol. The highest BCUT2D eigenvalue weighted by Crippen LogP contribution is 2.18. The van der Waals surface area contributed by atoms with E-state index in [1.807, 2.05) is 10.6 Å². The second-order valence-corrected chi connectivity index (χ2v) is 4.90. The van der Waals surface area contributed by atoms with Gasteiger partial charge < -0.3 is 4.57 Å². The minimum Gasteiger partial charge on any atom is -0.313 e. The van der Waals surface area contributed by atoms with Crippen LogP contribution in [0.15, 0.2) is 35.8 Å². The van der Waals surface area contributed by atoms with E-state index in [0.29, 0.717) is 6.54 Å². The number of carbonyl (C=O) groups excluding carboxylic acids is 1. The predicted octanol–water partition coefficient (Wildman–Crippen LogP) is 2.64. The molecule has 0 spiro atoms. The SMILES string of the molecule is C=CCn1c(=NC(C)=O)sc2cc(C)ccc21. The van der Waals surface area contributed by atoms with E-state index in [-0.39, 0.29) is 5.91 Å². The van der Waals surface area contributed by atoms with E-state index in [1.54, 1.807) is 0 Å². The van der Waals surface area contributed by atoms with Crippen LogP contribution in [0.25, 0.3) is 10.2 Å². The van der Waals surface area contributed by atoms with Gasteiger partial charge in [-0.2, -0.15) is 4.99 Å². The van der Waals surface area contributed by atoms with Crippen molar-refractivity contribution in [2.75, 3.05) is 0 Å². The number of hydrogen-bond acceptors (Lipinski definition) is 2. The molecule has 0 radical (unpaired) electrons. The third-order valence-electron chi connectivity index (χ3n) is 2.40. The van der Waals surface area contributed by atoms with Crippen LogP contribution < -0.4 is 4.80 Å². The lowest BCUT2D eigenvalue weighted by molar-refractivity contribution is -0.116. The number of allylic oxidation sites excluding steroid dienone is 1. The third-order valence-corrected chi connectivity index (χ3v) is 3.44. The molecule has 1 heterocycles. The smallest absolute Gasteiger partial charge is 0.245 e. The molecule has 0 unspecified atom stereocenters. The molecule has 0 saturated heterocycles. The molecule has 1 aromatic heterocycles. The summed E-state index contributed by atoms with van der Waals surface area (Å²) in [6.45, 7) is 7.92. The Morgan fingerprint density at radius 2 is 2.35 bits per heavy atom. The summed E-state index contributed by atoms with van der Waals surface area (Å²) in [7, 11) is 0. The summed E-state index contributed by atoms with van der Waals surface area (Å²) in [6, 6.07) is 6.23. The van der Waals surface area contributed by atoms with Crippen LogP contribution in [-0.2, 0) is 11.3 Å². The molecule has 0 aliphatic carbocycles. The summed E-state index contributed by atoms with van der Waals surface area (Å²) < 4.78 is 3.15. The molecule has 2 rings (SSSR count). The van der Waals surface area contributed by atoms with Gasteiger partial charge in [-0.15, -0.1) is 6.58 Å². The lowest BCUT2D eigenvalue weighted by Crippen LogP contribution is -2.15. The summed E-state index contributed by atoms with van der Waals surface area (Å²) in [5, 5.41) is 0. The highest BCUT2D eigenvalue weighted by Gasteiger charge is 2.05. The molecule has 88 valence electrons. The molecule has 0 aliphatic rings. The topological polar surface area (TPSA) is 34.4 Å². The van der Waals surface area contributed by atoms with Gasteiger partial charge in [-0.05, 0) is 24.6 Å². The number of rotatable bonds is 2. The zero-order valence-corrected chi connectivity index (χ0v) is 10.8. The maximum Gasteiger partial charge on any atom is 0.245 e. The van der Waals surface area contributed by atoms with Crippen molar-refractivity contribution in [3.63, 3.8) is 0 Å². The van der Waals surface area contributed by atoms with E-state index < -0.39 is 0 Å². The van der Waals surface area contributed by atoms with Gasteiger partial charge in [-0.25, -0.2) is 0 Å². The van der Waals surface area contributed by atoms with Gasteiger partial charge in [0.05, 0.1) is 10.2 Å². The maximum absolute atomic E-state index is 11.1. The van der Waals surface area contributed by atoms with E-state index in [0.717, 1.165) is 15.0 Å². The largest absolute Gasteiger partial charge is 0.313 e. The molecule has 3 nitrogen and oxygen atoms in total. The number of hydrogen-bond donors (Lipinski definition) is 0. The van der Waals surface area contributed by atoms with Crippen LogP contribution >= 0.6 is 11.3 Å². The summed E-state index contributed by atoms with van der Waals surface area (Å²) in [5.41, 5.74) is 2.30. The minimum atomic E-state index is -0.175. The van der Waals surface area contributed by atoms with Gasteiger partial charge in [0.2, 0.25) is 5.91 Å². The van der Waals surface area contributed by atoms with Crippen LogP contribution in [0.1, 0.15) is 12.5 Å². The van der Waals surface area contributed by atoms with Crippen LogP contribution in [0.5, 0.6) is 0 Å². The Balaban J connectivity index is 2.78. The number of aryl methyl sites for hydroxylation is 1. The van der Waals surface area contributed by atoms with Crippen LogP contribution in [0.3, 0.4) is 0 Å². The van der Waals surface area contributed by atoms with Gasteiger partial charge in [0.1, 0.15) is 0 Å². The normalized spacial score (nSPS) is 12.0. The van der Waals surface area contributed by atoms with Crippen molar-refractivity contribution in [2.45, 2.75) is 20.4 Å². The molecule has 2 aromatic rings. The Bertz CT molecular complexity index is 649. The molecule has 0 bridgehead atoms. The van der Waals surface area contributed by atoms with E-state index in [1.165, 1.54) is 23.8 Å². The number of carbonyl (C=O) groups is 1. The molecule has 1 amide bonds. The van der Waals surface area contributed by atoms with Crippen molar-refractivity contribution < 1.29 is 4.79 Å². The second kappa shape index (κ2) is 4.67. The molecule has 17 heavy (non-hydrogen) atoms. The zero-order chi connectivity index (χ0) is 12.4. The van der Waals surface area contributed by atoms with Crippen molar-refractivity contribution >= 4 is 27.5 Å². The summed E-state index contributed by atoms with van der Waals surface area (Å²) in [6.07, 6.45) is 1.81. The molecule has 0 atom stereocenters. The number of benzene rings is 1. The quantitative estimate of drug-likeness (QED) is 0.750. The first kappa shape index (κ1) is 11.8. The van der Waals surface area contributed by atoms with E-state index >= 15 is 0 Å². The van der Waals surface area contributed by atoms with E-state index in [4.69, 9.17) is 0 Å². The Labute approximate surface area is 104 Å². The van der Waals surface area contributed by atoms with Gasteiger partial charge in [0.15, 0.2) is 4.80 Å². The average molecular weight is 246 g/mol. The molecule has 1 aromatic carbocycles. The highest BCUT2D eigenvalue weighted by atomic mass is 32.1. The fourth-order valence-electron chi connectivity index (χ4n) is 1.71. The zero-order valence-electron chi connectivity index (χ0n) is 9.93.